The molecular weight excluding hydrogens is 482 g/mol. The second-order valence-electron chi connectivity index (χ2n) is 9.94. The van der Waals surface area contributed by atoms with Crippen molar-refractivity contribution in [3.05, 3.63) is 108 Å². The third-order valence-corrected chi connectivity index (χ3v) is 8.21. The summed E-state index contributed by atoms with van der Waals surface area (Å²) in [6.07, 6.45) is 2.14. The molecular formula is C30H33N3O3S. The van der Waals surface area contributed by atoms with Gasteiger partial charge in [0.2, 0.25) is 0 Å². The maximum atomic E-state index is 13.2. The highest BCUT2D eigenvalue weighted by Gasteiger charge is 2.23. The minimum absolute atomic E-state index is 0.246. The van der Waals surface area contributed by atoms with Gasteiger partial charge in [0.1, 0.15) is 0 Å². The van der Waals surface area contributed by atoms with E-state index in [9.17, 15) is 13.2 Å². The number of carbonyl (C=O) groups is 1. The molecule has 0 aliphatic carbocycles. The first-order valence-corrected chi connectivity index (χ1v) is 13.7. The van der Waals surface area contributed by atoms with Crippen molar-refractivity contribution in [3.8, 4) is 0 Å². The minimum atomic E-state index is -3.71. The number of benzene rings is 3. The number of amides is 2. The summed E-state index contributed by atoms with van der Waals surface area (Å²) in [4.78, 5) is 12.9. The van der Waals surface area contributed by atoms with Gasteiger partial charge < -0.3 is 10.6 Å². The van der Waals surface area contributed by atoms with Crippen molar-refractivity contribution < 1.29 is 13.2 Å². The molecule has 1 aromatic heterocycles. The number of nitrogens with one attached hydrogen (secondary N) is 2. The van der Waals surface area contributed by atoms with Gasteiger partial charge >= 0.3 is 6.03 Å². The highest BCUT2D eigenvalue weighted by atomic mass is 32.2. The predicted molar refractivity (Wildman–Crippen MR) is 150 cm³/mol. The smallest absolute Gasteiger partial charge is 0.315 e. The van der Waals surface area contributed by atoms with Crippen LogP contribution in [0.1, 0.15) is 43.0 Å². The maximum Gasteiger partial charge on any atom is 0.315 e. The van der Waals surface area contributed by atoms with Crippen LogP contribution in [0.2, 0.25) is 0 Å². The Morgan fingerprint density at radius 1 is 1.00 bits per heavy atom. The molecule has 0 aliphatic heterocycles. The molecule has 0 unspecified atom stereocenters. The molecule has 37 heavy (non-hydrogen) atoms. The van der Waals surface area contributed by atoms with E-state index in [1.807, 2.05) is 70.2 Å². The van der Waals surface area contributed by atoms with Crippen LogP contribution in [0.4, 0.5) is 4.79 Å². The van der Waals surface area contributed by atoms with Crippen LogP contribution in [0, 0.1) is 6.92 Å². The van der Waals surface area contributed by atoms with E-state index in [1.54, 1.807) is 36.5 Å². The molecule has 2 amide bonds. The fraction of sp³-hybridized carbons (Fsp3) is 0.233. The van der Waals surface area contributed by atoms with Crippen molar-refractivity contribution in [2.75, 3.05) is 6.54 Å². The highest BCUT2D eigenvalue weighted by molar-refractivity contribution is 7.90. The van der Waals surface area contributed by atoms with E-state index in [1.165, 1.54) is 3.97 Å². The van der Waals surface area contributed by atoms with Crippen LogP contribution in [-0.2, 0) is 22.0 Å². The Labute approximate surface area is 219 Å². The van der Waals surface area contributed by atoms with E-state index in [4.69, 9.17) is 0 Å². The third-order valence-electron chi connectivity index (χ3n) is 6.50. The van der Waals surface area contributed by atoms with E-state index in [2.05, 4.69) is 17.2 Å². The van der Waals surface area contributed by atoms with Gasteiger partial charge in [-0.2, -0.15) is 0 Å². The predicted octanol–water partition coefficient (Wildman–Crippen LogP) is 6.00. The van der Waals surface area contributed by atoms with Crippen molar-refractivity contribution in [2.45, 2.75) is 44.6 Å². The van der Waals surface area contributed by atoms with Crippen LogP contribution in [0.3, 0.4) is 0 Å². The molecule has 7 heteroatoms. The second-order valence-corrected chi connectivity index (χ2v) is 11.8. The van der Waals surface area contributed by atoms with Crippen molar-refractivity contribution >= 4 is 32.5 Å². The summed E-state index contributed by atoms with van der Waals surface area (Å²) in [6.45, 7) is 12.2. The fourth-order valence-corrected chi connectivity index (χ4v) is 5.58. The zero-order valence-electron chi connectivity index (χ0n) is 21.7. The number of nitrogens with zero attached hydrogens (tertiary/aromatic N) is 1. The SMILES string of the molecule is C=C(C)c1cccc(C(C)(C)NC(=O)NCCc2ccc3ccn(S(=O)(=O)c4ccc(C)cc4)c3c2)c1. The van der Waals surface area contributed by atoms with Gasteiger partial charge in [-0.3, -0.25) is 0 Å². The van der Waals surface area contributed by atoms with E-state index in [0.717, 1.165) is 33.2 Å². The van der Waals surface area contributed by atoms with Gasteiger partial charge in [0.25, 0.3) is 10.0 Å². The van der Waals surface area contributed by atoms with Gasteiger partial charge in [0, 0.05) is 18.1 Å². The van der Waals surface area contributed by atoms with E-state index in [0.29, 0.717) is 18.5 Å². The first-order valence-electron chi connectivity index (χ1n) is 12.2. The average Bonchev–Trinajstić information content (AvgIpc) is 3.28. The lowest BCUT2D eigenvalue weighted by Gasteiger charge is -2.27. The van der Waals surface area contributed by atoms with Gasteiger partial charge in [0.05, 0.1) is 16.0 Å². The number of hydrogen-bond donors (Lipinski definition) is 2. The third kappa shape index (κ3) is 5.78. The number of aromatic nitrogens is 1. The molecule has 0 fully saturated rings. The van der Waals surface area contributed by atoms with Gasteiger partial charge in [-0.25, -0.2) is 17.2 Å². The van der Waals surface area contributed by atoms with Crippen molar-refractivity contribution in [3.63, 3.8) is 0 Å². The molecule has 4 aromatic rings. The quantitative estimate of drug-likeness (QED) is 0.302. The molecule has 0 aliphatic rings. The Balaban J connectivity index is 1.43. The van der Waals surface area contributed by atoms with Gasteiger partial charge in [0.15, 0.2) is 0 Å². The topological polar surface area (TPSA) is 80.2 Å². The maximum absolute atomic E-state index is 13.2. The molecule has 0 radical (unpaired) electrons. The summed E-state index contributed by atoms with van der Waals surface area (Å²) in [5.41, 5.74) is 4.97. The molecule has 0 saturated carbocycles. The number of carbonyl (C=O) groups excluding carboxylic acids is 1. The van der Waals surface area contributed by atoms with Gasteiger partial charge in [-0.05, 0) is 81.1 Å². The van der Waals surface area contributed by atoms with Crippen LogP contribution in [0.25, 0.3) is 16.5 Å². The lowest BCUT2D eigenvalue weighted by atomic mass is 9.92. The summed E-state index contributed by atoms with van der Waals surface area (Å²) < 4.78 is 27.8. The van der Waals surface area contributed by atoms with Crippen molar-refractivity contribution in [2.24, 2.45) is 0 Å². The van der Waals surface area contributed by atoms with Gasteiger partial charge in [-0.15, -0.1) is 0 Å². The van der Waals surface area contributed by atoms with Crippen LogP contribution >= 0.6 is 0 Å². The standard InChI is InChI=1S/C30H33N3O3S/c1-21(2)25-7-6-8-26(20-25)30(4,5)32-29(34)31-17-15-23-11-12-24-16-18-33(28(24)19-23)37(35,36)27-13-9-22(3)10-14-27/h6-14,16,18-20H,1,15,17H2,2-5H3,(H2,31,32,34). The molecule has 4 rings (SSSR count). The van der Waals surface area contributed by atoms with Crippen LogP contribution in [-0.4, -0.2) is 25.0 Å². The van der Waals surface area contributed by atoms with Gasteiger partial charge in [-0.1, -0.05) is 60.2 Å². The minimum Gasteiger partial charge on any atom is -0.338 e. The summed E-state index contributed by atoms with van der Waals surface area (Å²) in [5.74, 6) is 0. The van der Waals surface area contributed by atoms with E-state index < -0.39 is 15.6 Å². The van der Waals surface area contributed by atoms with E-state index >= 15 is 0 Å². The largest absolute Gasteiger partial charge is 0.338 e. The normalized spacial score (nSPS) is 11.9. The first kappa shape index (κ1) is 26.2. The number of hydrogen-bond acceptors (Lipinski definition) is 3. The highest BCUT2D eigenvalue weighted by Crippen LogP contribution is 2.25. The molecule has 0 bridgehead atoms. The zero-order valence-corrected chi connectivity index (χ0v) is 22.5. The first-order chi connectivity index (χ1) is 17.5. The van der Waals surface area contributed by atoms with Crippen LogP contribution in [0.15, 0.2) is 90.5 Å². The summed E-state index contributed by atoms with van der Waals surface area (Å²) in [6, 6.07) is 22.1. The van der Waals surface area contributed by atoms with Crippen molar-refractivity contribution in [1.29, 1.82) is 0 Å². The molecule has 3 aromatic carbocycles. The molecule has 1 heterocycles. The van der Waals surface area contributed by atoms with Crippen molar-refractivity contribution in [1.82, 2.24) is 14.6 Å². The number of fused-ring (bicyclic) bond motifs is 1. The molecule has 6 nitrogen and oxygen atoms in total. The molecule has 2 N–H and O–H groups in total. The molecule has 0 spiro atoms. The summed E-state index contributed by atoms with van der Waals surface area (Å²) >= 11 is 0. The average molecular weight is 516 g/mol. The Bertz CT molecular complexity index is 1570. The second kappa shape index (κ2) is 10.3. The number of rotatable bonds is 8. The Morgan fingerprint density at radius 2 is 1.73 bits per heavy atom. The summed E-state index contributed by atoms with van der Waals surface area (Å²) in [7, 11) is -3.71. The summed E-state index contributed by atoms with van der Waals surface area (Å²) in [5, 5.41) is 6.79. The lowest BCUT2D eigenvalue weighted by Crippen LogP contribution is -2.46. The Morgan fingerprint density at radius 3 is 2.43 bits per heavy atom. The Kier molecular flexibility index (Phi) is 7.28. The molecule has 0 saturated heterocycles. The molecule has 0 atom stereocenters. The number of urea groups is 1. The van der Waals surface area contributed by atoms with Crippen LogP contribution < -0.4 is 10.6 Å². The number of aryl methyl sites for hydroxylation is 1. The molecule has 192 valence electrons. The fourth-order valence-electron chi connectivity index (χ4n) is 4.23. The Hall–Kier alpha value is -3.84. The monoisotopic (exact) mass is 515 g/mol. The van der Waals surface area contributed by atoms with E-state index in [-0.39, 0.29) is 10.9 Å². The zero-order chi connectivity index (χ0) is 26.8. The lowest BCUT2D eigenvalue weighted by molar-refractivity contribution is 0.230. The van der Waals surface area contributed by atoms with Crippen LogP contribution in [0.5, 0.6) is 0 Å². The number of allylic oxidation sites excluding steroid dienone is 1.